The molecule has 2 rings (SSSR count). The van der Waals surface area contributed by atoms with E-state index in [2.05, 4.69) is 44.8 Å². The zero-order chi connectivity index (χ0) is 15.8. The Morgan fingerprint density at radius 2 is 1.81 bits per heavy atom. The molecule has 2 saturated heterocycles. The van der Waals surface area contributed by atoms with Gasteiger partial charge < -0.3 is 9.64 Å². The van der Waals surface area contributed by atoms with E-state index >= 15 is 0 Å². The maximum atomic E-state index is 12.8. The Labute approximate surface area is 129 Å². The second-order valence-corrected chi connectivity index (χ2v) is 7.96. The highest BCUT2D eigenvalue weighted by molar-refractivity contribution is 5.86. The van der Waals surface area contributed by atoms with Crippen LogP contribution < -0.4 is 5.32 Å². The lowest BCUT2D eigenvalue weighted by molar-refractivity contribution is -0.139. The van der Waals surface area contributed by atoms with Crippen molar-refractivity contribution < 1.29 is 9.53 Å². The lowest BCUT2D eigenvalue weighted by Gasteiger charge is -2.40. The second kappa shape index (κ2) is 5.86. The van der Waals surface area contributed by atoms with Gasteiger partial charge in [-0.25, -0.2) is 0 Å². The van der Waals surface area contributed by atoms with E-state index in [1.54, 1.807) is 0 Å². The quantitative estimate of drug-likeness (QED) is 0.834. The number of ether oxygens (including phenoxy) is 1. The van der Waals surface area contributed by atoms with Gasteiger partial charge in [-0.15, -0.1) is 0 Å². The molecule has 0 aromatic heterocycles. The molecule has 21 heavy (non-hydrogen) atoms. The Morgan fingerprint density at radius 3 is 2.24 bits per heavy atom. The lowest BCUT2D eigenvalue weighted by Crippen LogP contribution is -2.61. The summed E-state index contributed by atoms with van der Waals surface area (Å²) in [6, 6.07) is 0.552. The Morgan fingerprint density at radius 1 is 1.24 bits per heavy atom. The summed E-state index contributed by atoms with van der Waals surface area (Å²) in [6.07, 6.45) is -0.0663. The summed E-state index contributed by atoms with van der Waals surface area (Å²) in [7, 11) is 0. The second-order valence-electron chi connectivity index (χ2n) is 7.96. The first-order valence-electron chi connectivity index (χ1n) is 8.06. The molecule has 0 bridgehead atoms. The topological polar surface area (TPSA) is 44.8 Å². The molecule has 2 atom stereocenters. The molecule has 0 aliphatic carbocycles. The van der Waals surface area contributed by atoms with Gasteiger partial charge in [0.05, 0.1) is 6.61 Å². The third-order valence-corrected chi connectivity index (χ3v) is 4.58. The van der Waals surface area contributed by atoms with Crippen LogP contribution in [0.2, 0.25) is 0 Å². The van der Waals surface area contributed by atoms with E-state index in [9.17, 15) is 4.79 Å². The number of nitrogens with zero attached hydrogens (tertiary/aromatic N) is 2. The van der Waals surface area contributed by atoms with E-state index in [-0.39, 0.29) is 17.6 Å². The Balaban J connectivity index is 1.95. The Hall–Kier alpha value is -0.650. The maximum absolute atomic E-state index is 12.8. The number of piperazine rings is 1. The zero-order valence-corrected chi connectivity index (χ0v) is 14.4. The molecule has 0 radical (unpaired) electrons. The summed E-state index contributed by atoms with van der Waals surface area (Å²) < 4.78 is 5.84. The van der Waals surface area contributed by atoms with Crippen molar-refractivity contribution in [3.63, 3.8) is 0 Å². The van der Waals surface area contributed by atoms with Crippen molar-refractivity contribution in [2.75, 3.05) is 32.8 Å². The van der Waals surface area contributed by atoms with Gasteiger partial charge in [-0.05, 0) is 20.8 Å². The molecular formula is C16H31N3O2. The number of carbonyl (C=O) groups excluding carboxylic acids is 1. The summed E-state index contributed by atoms with van der Waals surface area (Å²) in [5, 5.41) is 3.41. The molecule has 2 heterocycles. The Bertz CT molecular complexity index is 383. The van der Waals surface area contributed by atoms with E-state index in [1.165, 1.54) is 0 Å². The van der Waals surface area contributed by atoms with Crippen LogP contribution in [0.4, 0.5) is 0 Å². The van der Waals surface area contributed by atoms with Crippen molar-refractivity contribution in [3.05, 3.63) is 0 Å². The summed E-state index contributed by atoms with van der Waals surface area (Å²) in [6.45, 7) is 16.8. The third-order valence-electron chi connectivity index (χ3n) is 4.58. The standard InChI is InChI=1S/C16H31N3O2/c1-12(2)18-7-9-19(10-8-18)14(20)16(6)11-21-13(17-16)15(3,4)5/h12-13,17H,7-11H2,1-6H3/t13-,16+/m0/s1. The zero-order valence-electron chi connectivity index (χ0n) is 14.4. The van der Waals surface area contributed by atoms with Crippen molar-refractivity contribution in [1.29, 1.82) is 0 Å². The van der Waals surface area contributed by atoms with E-state index in [0.717, 1.165) is 26.2 Å². The van der Waals surface area contributed by atoms with Crippen LogP contribution in [0, 0.1) is 5.41 Å². The highest BCUT2D eigenvalue weighted by Gasteiger charge is 2.47. The monoisotopic (exact) mass is 297 g/mol. The largest absolute Gasteiger partial charge is 0.360 e. The minimum absolute atomic E-state index is 0.00558. The molecule has 1 N–H and O–H groups in total. The summed E-state index contributed by atoms with van der Waals surface area (Å²) >= 11 is 0. The first-order chi connectivity index (χ1) is 9.63. The number of nitrogens with one attached hydrogen (secondary N) is 1. The number of hydrogen-bond donors (Lipinski definition) is 1. The molecule has 122 valence electrons. The van der Waals surface area contributed by atoms with E-state index < -0.39 is 5.54 Å². The third kappa shape index (κ3) is 3.58. The molecule has 2 aliphatic heterocycles. The summed E-state index contributed by atoms with van der Waals surface area (Å²) in [4.78, 5) is 17.2. The van der Waals surface area contributed by atoms with Crippen molar-refractivity contribution >= 4 is 5.91 Å². The predicted octanol–water partition coefficient (Wildman–Crippen LogP) is 1.29. The van der Waals surface area contributed by atoms with Crippen molar-refractivity contribution in [2.45, 2.75) is 59.4 Å². The van der Waals surface area contributed by atoms with Gasteiger partial charge in [0.1, 0.15) is 11.8 Å². The number of amides is 1. The molecule has 1 amide bonds. The van der Waals surface area contributed by atoms with Crippen molar-refractivity contribution in [3.8, 4) is 0 Å². The molecule has 0 saturated carbocycles. The van der Waals surface area contributed by atoms with Crippen LogP contribution in [0.3, 0.4) is 0 Å². The average Bonchev–Trinajstić information content (AvgIpc) is 2.82. The maximum Gasteiger partial charge on any atom is 0.245 e. The van der Waals surface area contributed by atoms with Gasteiger partial charge in [-0.1, -0.05) is 20.8 Å². The number of rotatable bonds is 2. The number of carbonyl (C=O) groups is 1. The fourth-order valence-corrected chi connectivity index (χ4v) is 3.00. The number of hydrogen-bond acceptors (Lipinski definition) is 4. The van der Waals surface area contributed by atoms with E-state index in [0.29, 0.717) is 12.6 Å². The smallest absolute Gasteiger partial charge is 0.245 e. The van der Waals surface area contributed by atoms with Crippen LogP contribution >= 0.6 is 0 Å². The average molecular weight is 297 g/mol. The van der Waals surface area contributed by atoms with Crippen molar-refractivity contribution in [1.82, 2.24) is 15.1 Å². The van der Waals surface area contributed by atoms with E-state index in [4.69, 9.17) is 4.74 Å². The molecule has 0 unspecified atom stereocenters. The van der Waals surface area contributed by atoms with Crippen LogP contribution in [-0.2, 0) is 9.53 Å². The van der Waals surface area contributed by atoms with E-state index in [1.807, 2.05) is 11.8 Å². The van der Waals surface area contributed by atoms with Crippen LogP contribution in [0.25, 0.3) is 0 Å². The molecule has 0 aromatic carbocycles. The molecule has 2 fully saturated rings. The highest BCUT2D eigenvalue weighted by atomic mass is 16.5. The Kier molecular flexibility index (Phi) is 4.66. The SMILES string of the molecule is CC(C)N1CCN(C(=O)[C@@]2(C)CO[C@@H](C(C)(C)C)N2)CC1. The molecule has 0 spiro atoms. The molecule has 5 nitrogen and oxygen atoms in total. The van der Waals surface area contributed by atoms with Gasteiger partial charge in [0.15, 0.2) is 0 Å². The van der Waals surface area contributed by atoms with Gasteiger partial charge >= 0.3 is 0 Å². The highest BCUT2D eigenvalue weighted by Crippen LogP contribution is 2.29. The minimum atomic E-state index is -0.585. The molecular weight excluding hydrogens is 266 g/mol. The van der Waals surface area contributed by atoms with Crippen molar-refractivity contribution in [2.24, 2.45) is 5.41 Å². The van der Waals surface area contributed by atoms with Crippen LogP contribution in [0.15, 0.2) is 0 Å². The van der Waals surface area contributed by atoms with Gasteiger partial charge in [-0.3, -0.25) is 15.0 Å². The van der Waals surface area contributed by atoms with Gasteiger partial charge in [0.25, 0.3) is 0 Å². The minimum Gasteiger partial charge on any atom is -0.360 e. The fraction of sp³-hybridized carbons (Fsp3) is 0.938. The fourth-order valence-electron chi connectivity index (χ4n) is 3.00. The van der Waals surface area contributed by atoms with Crippen LogP contribution in [0.5, 0.6) is 0 Å². The van der Waals surface area contributed by atoms with Crippen LogP contribution in [0.1, 0.15) is 41.5 Å². The molecule has 2 aliphatic rings. The molecule has 0 aromatic rings. The van der Waals surface area contributed by atoms with Gasteiger partial charge in [0.2, 0.25) is 5.91 Å². The van der Waals surface area contributed by atoms with Gasteiger partial charge in [0, 0.05) is 37.6 Å². The van der Waals surface area contributed by atoms with Crippen LogP contribution in [-0.4, -0.2) is 66.3 Å². The predicted molar refractivity (Wildman–Crippen MR) is 84.0 cm³/mol. The summed E-state index contributed by atoms with van der Waals surface area (Å²) in [5.74, 6) is 0.178. The lowest BCUT2D eigenvalue weighted by atomic mass is 9.93. The summed E-state index contributed by atoms with van der Waals surface area (Å²) in [5.41, 5.74) is -0.591. The van der Waals surface area contributed by atoms with Gasteiger partial charge in [-0.2, -0.15) is 0 Å². The first kappa shape index (κ1) is 16.7. The normalized spacial score (nSPS) is 32.0. The molecule has 5 heteroatoms. The first-order valence-corrected chi connectivity index (χ1v) is 8.06.